The molecule has 2 aliphatic carbocycles. The van der Waals surface area contributed by atoms with Crippen LogP contribution in [0, 0.1) is 0 Å². The first-order valence-electron chi connectivity index (χ1n) is 7.75. The first kappa shape index (κ1) is 15.2. The number of fused-ring (bicyclic) bond motifs is 2. The number of halogens is 1. The van der Waals surface area contributed by atoms with E-state index in [0.29, 0.717) is 16.5 Å². The third kappa shape index (κ3) is 2.12. The fourth-order valence-electron chi connectivity index (χ4n) is 3.43. The van der Waals surface area contributed by atoms with E-state index in [1.54, 1.807) is 24.3 Å². The second-order valence-electron chi connectivity index (χ2n) is 6.68. The number of aromatic nitrogens is 1. The Balaban J connectivity index is 1.37. The molecule has 0 bridgehead atoms. The summed E-state index contributed by atoms with van der Waals surface area (Å²) in [7, 11) is -1.25. The van der Waals surface area contributed by atoms with Gasteiger partial charge in [0.05, 0.1) is 21.8 Å². The number of amides is 1. The van der Waals surface area contributed by atoms with Crippen molar-refractivity contribution in [3.63, 3.8) is 0 Å². The number of hydrogen-bond acceptors (Lipinski definition) is 5. The average Bonchev–Trinajstić information content (AvgIpc) is 3.13. The van der Waals surface area contributed by atoms with Gasteiger partial charge in [0.1, 0.15) is 5.52 Å². The molecule has 3 aromatic rings. The summed E-state index contributed by atoms with van der Waals surface area (Å²) in [6.45, 7) is 0. The molecule has 1 N–H and O–H groups in total. The summed E-state index contributed by atoms with van der Waals surface area (Å²) in [5, 5.41) is 3.91. The molecule has 0 radical (unpaired) electrons. The van der Waals surface area contributed by atoms with Gasteiger partial charge in [0.25, 0.3) is 5.91 Å². The summed E-state index contributed by atoms with van der Waals surface area (Å²) >= 11 is 5.99. The van der Waals surface area contributed by atoms with Gasteiger partial charge in [0, 0.05) is 11.3 Å². The third-order valence-corrected chi connectivity index (χ3v) is 6.09. The molecule has 2 saturated carbocycles. The summed E-state index contributed by atoms with van der Waals surface area (Å²) < 4.78 is 22.6. The molecule has 2 aliphatic rings. The van der Waals surface area contributed by atoms with Crippen LogP contribution in [-0.4, -0.2) is 26.9 Å². The minimum Gasteiger partial charge on any atom is -0.442 e. The van der Waals surface area contributed by atoms with E-state index in [1.165, 1.54) is 12.3 Å². The predicted molar refractivity (Wildman–Crippen MR) is 91.2 cm³/mol. The van der Waals surface area contributed by atoms with Gasteiger partial charge >= 0.3 is 0 Å². The van der Waals surface area contributed by atoms with Crippen LogP contribution in [-0.2, 0) is 16.2 Å². The van der Waals surface area contributed by atoms with Crippen LogP contribution in [0.5, 0.6) is 0 Å². The predicted octanol–water partition coefficient (Wildman–Crippen LogP) is 3.03. The normalized spacial score (nSPS) is 27.8. The van der Waals surface area contributed by atoms with Crippen molar-refractivity contribution >= 4 is 39.4 Å². The molecule has 128 valence electrons. The Morgan fingerprint density at radius 1 is 1.28 bits per heavy atom. The Morgan fingerprint density at radius 2 is 2.08 bits per heavy atom. The van der Waals surface area contributed by atoms with Crippen molar-refractivity contribution in [3.05, 3.63) is 47.0 Å². The molecule has 1 atom stereocenters. The van der Waals surface area contributed by atoms with Crippen LogP contribution in [0.1, 0.15) is 29.3 Å². The Bertz CT molecular complexity index is 1060. The summed E-state index contributed by atoms with van der Waals surface area (Å²) in [4.78, 5) is 16.9. The minimum atomic E-state index is -1.25. The molecule has 0 aliphatic heterocycles. The molecular weight excluding hydrogens is 364 g/mol. The van der Waals surface area contributed by atoms with Crippen molar-refractivity contribution in [1.29, 1.82) is 0 Å². The van der Waals surface area contributed by atoms with Crippen molar-refractivity contribution < 1.29 is 17.8 Å². The highest BCUT2D eigenvalue weighted by molar-refractivity contribution is 7.84. The number of nitrogens with one attached hydrogen (secondary N) is 1. The van der Waals surface area contributed by atoms with Gasteiger partial charge in [-0.1, -0.05) is 11.6 Å². The van der Waals surface area contributed by atoms with Crippen LogP contribution in [0.25, 0.3) is 11.1 Å². The van der Waals surface area contributed by atoms with Gasteiger partial charge < -0.3 is 14.2 Å². The van der Waals surface area contributed by atoms with Crippen LogP contribution in [0.15, 0.2) is 44.3 Å². The first-order valence-corrected chi connectivity index (χ1v) is 9.68. The Labute approximate surface area is 150 Å². The minimum absolute atomic E-state index is 0.164. The zero-order chi connectivity index (χ0) is 17.4. The molecule has 1 amide bonds. The Morgan fingerprint density at radius 3 is 2.80 bits per heavy atom. The molecular formula is C17H13ClN2O4S. The molecule has 1 unspecified atom stereocenters. The maximum Gasteiger partial charge on any atom is 0.287 e. The van der Waals surface area contributed by atoms with Gasteiger partial charge in [-0.3, -0.25) is 9.00 Å². The number of carbonyl (C=O) groups excluding carboxylic acids is 1. The standard InChI is InChI=1S/C17H13ClN2O4S/c1-25(22)13-5-4-12(23-13)14(21)20-17-7-16(17,8-17)15-19-10-6-9(18)2-3-11(10)24-15/h2-6H,7-8H2,1H3,(H,20,21). The topological polar surface area (TPSA) is 85.3 Å². The lowest BCUT2D eigenvalue weighted by molar-refractivity contribution is 0.0909. The lowest BCUT2D eigenvalue weighted by atomic mass is 10.2. The molecule has 2 fully saturated rings. The lowest BCUT2D eigenvalue weighted by Crippen LogP contribution is -2.30. The number of furan rings is 1. The van der Waals surface area contributed by atoms with Crippen LogP contribution in [0.2, 0.25) is 5.02 Å². The van der Waals surface area contributed by atoms with E-state index in [0.717, 1.165) is 18.4 Å². The molecule has 0 saturated heterocycles. The van der Waals surface area contributed by atoms with Crippen molar-refractivity contribution in [2.45, 2.75) is 28.9 Å². The van der Waals surface area contributed by atoms with E-state index in [2.05, 4.69) is 10.3 Å². The second kappa shape index (κ2) is 4.74. The summed E-state index contributed by atoms with van der Waals surface area (Å²) in [5.41, 5.74) is 0.871. The molecule has 5 rings (SSSR count). The van der Waals surface area contributed by atoms with E-state index in [-0.39, 0.29) is 27.7 Å². The quantitative estimate of drug-likeness (QED) is 0.756. The molecule has 1 aromatic carbocycles. The molecule has 2 aromatic heterocycles. The second-order valence-corrected chi connectivity index (χ2v) is 8.42. The maximum absolute atomic E-state index is 12.4. The Hall–Kier alpha value is -2.12. The van der Waals surface area contributed by atoms with E-state index in [4.69, 9.17) is 20.4 Å². The van der Waals surface area contributed by atoms with E-state index >= 15 is 0 Å². The largest absolute Gasteiger partial charge is 0.442 e. The van der Waals surface area contributed by atoms with Crippen molar-refractivity contribution in [1.82, 2.24) is 10.3 Å². The van der Waals surface area contributed by atoms with Crippen LogP contribution < -0.4 is 5.32 Å². The van der Waals surface area contributed by atoms with Crippen molar-refractivity contribution in [2.75, 3.05) is 6.26 Å². The number of nitrogens with zero attached hydrogens (tertiary/aromatic N) is 1. The zero-order valence-electron chi connectivity index (χ0n) is 13.2. The number of hydrogen-bond donors (Lipinski definition) is 1. The third-order valence-electron chi connectivity index (χ3n) is 5.07. The van der Waals surface area contributed by atoms with Gasteiger partial charge in [-0.05, 0) is 43.2 Å². The van der Waals surface area contributed by atoms with Gasteiger partial charge in [-0.25, -0.2) is 4.98 Å². The smallest absolute Gasteiger partial charge is 0.287 e. The molecule has 6 nitrogen and oxygen atoms in total. The molecule has 25 heavy (non-hydrogen) atoms. The van der Waals surface area contributed by atoms with E-state index in [1.807, 2.05) is 0 Å². The number of oxazole rings is 1. The van der Waals surface area contributed by atoms with Crippen molar-refractivity contribution in [3.8, 4) is 0 Å². The highest BCUT2D eigenvalue weighted by Crippen LogP contribution is 2.78. The summed E-state index contributed by atoms with van der Waals surface area (Å²) in [6.07, 6.45) is 3.09. The number of rotatable bonds is 4. The number of benzene rings is 1. The SMILES string of the molecule is CS(=O)c1ccc(C(=O)NC23CC2(c2nc4cc(Cl)ccc4o2)C3)o1. The highest BCUT2D eigenvalue weighted by Gasteiger charge is 2.87. The van der Waals surface area contributed by atoms with Crippen molar-refractivity contribution in [2.24, 2.45) is 0 Å². The molecule has 8 heteroatoms. The molecule has 0 spiro atoms. The first-order chi connectivity index (χ1) is 11.9. The fraction of sp³-hybridized carbons (Fsp3) is 0.294. The van der Waals surface area contributed by atoms with Gasteiger partial charge in [0.15, 0.2) is 16.4 Å². The van der Waals surface area contributed by atoms with Crippen LogP contribution >= 0.6 is 11.6 Å². The highest BCUT2D eigenvalue weighted by atomic mass is 35.5. The number of carbonyl (C=O) groups is 1. The summed E-state index contributed by atoms with van der Waals surface area (Å²) in [6, 6.07) is 8.42. The monoisotopic (exact) mass is 376 g/mol. The average molecular weight is 377 g/mol. The zero-order valence-corrected chi connectivity index (χ0v) is 14.7. The van der Waals surface area contributed by atoms with E-state index in [9.17, 15) is 9.00 Å². The van der Waals surface area contributed by atoms with E-state index < -0.39 is 10.8 Å². The van der Waals surface area contributed by atoms with Gasteiger partial charge in [0.2, 0.25) is 5.89 Å². The molecule has 2 heterocycles. The summed E-state index contributed by atoms with van der Waals surface area (Å²) in [5.74, 6) is 0.492. The fourth-order valence-corrected chi connectivity index (χ4v) is 4.07. The van der Waals surface area contributed by atoms with Gasteiger partial charge in [-0.2, -0.15) is 0 Å². The Kier molecular flexibility index (Phi) is 2.87. The maximum atomic E-state index is 12.4. The van der Waals surface area contributed by atoms with Crippen LogP contribution in [0.4, 0.5) is 0 Å². The van der Waals surface area contributed by atoms with Crippen LogP contribution in [0.3, 0.4) is 0 Å². The lowest BCUT2D eigenvalue weighted by Gasteiger charge is -2.03. The van der Waals surface area contributed by atoms with Gasteiger partial charge in [-0.15, -0.1) is 0 Å².